The average Bonchev–Trinajstić information content (AvgIpc) is 2.82. The molecule has 9 heteroatoms. The van der Waals surface area contributed by atoms with Gasteiger partial charge in [-0.25, -0.2) is 5.43 Å². The second kappa shape index (κ2) is 11.6. The molecule has 3 N–H and O–H groups in total. The number of para-hydroxylation sites is 2. The molecule has 3 aromatic rings. The number of amides is 3. The molecular formula is C25H23ClN4O4. The van der Waals surface area contributed by atoms with Gasteiger partial charge in [-0.1, -0.05) is 48.0 Å². The summed E-state index contributed by atoms with van der Waals surface area (Å²) in [4.78, 5) is 36.3. The van der Waals surface area contributed by atoms with Gasteiger partial charge in [0.05, 0.1) is 6.21 Å². The number of hydrogen-bond acceptors (Lipinski definition) is 5. The Kier molecular flexibility index (Phi) is 8.37. The van der Waals surface area contributed by atoms with Gasteiger partial charge in [-0.2, -0.15) is 5.10 Å². The highest BCUT2D eigenvalue weighted by Crippen LogP contribution is 2.20. The maximum Gasteiger partial charge on any atom is 0.329 e. The van der Waals surface area contributed by atoms with Crippen molar-refractivity contribution >= 4 is 46.9 Å². The van der Waals surface area contributed by atoms with Crippen LogP contribution in [0.5, 0.6) is 5.75 Å². The SMILES string of the molecule is Cc1ccc(NC(=O)C(=O)N/N=C\c2ccccc2OCC(=O)Nc2ccccc2C)cc1Cl. The van der Waals surface area contributed by atoms with Crippen molar-refractivity contribution in [1.29, 1.82) is 0 Å². The Balaban J connectivity index is 1.54. The lowest BCUT2D eigenvalue weighted by atomic mass is 10.2. The van der Waals surface area contributed by atoms with Crippen LogP contribution >= 0.6 is 11.6 Å². The standard InChI is InChI=1S/C25H23ClN4O4/c1-16-11-12-19(13-20(16)26)28-24(32)25(33)30-27-14-18-8-4-6-10-22(18)34-15-23(31)29-21-9-5-3-7-17(21)2/h3-14H,15H2,1-2H3,(H,28,32)(H,29,31)(H,30,33)/b27-14-. The van der Waals surface area contributed by atoms with Crippen LogP contribution in [0.2, 0.25) is 5.02 Å². The van der Waals surface area contributed by atoms with Crippen molar-refractivity contribution in [3.8, 4) is 5.75 Å². The number of halogens is 1. The molecule has 0 aliphatic heterocycles. The van der Waals surface area contributed by atoms with Crippen molar-refractivity contribution in [2.75, 3.05) is 17.2 Å². The maximum absolute atomic E-state index is 12.2. The first-order valence-corrected chi connectivity index (χ1v) is 10.7. The van der Waals surface area contributed by atoms with Crippen LogP contribution in [0.15, 0.2) is 71.8 Å². The number of aryl methyl sites for hydroxylation is 2. The first-order chi connectivity index (χ1) is 16.3. The smallest absolute Gasteiger partial charge is 0.329 e. The molecule has 0 heterocycles. The van der Waals surface area contributed by atoms with E-state index in [4.69, 9.17) is 16.3 Å². The molecule has 0 saturated carbocycles. The van der Waals surface area contributed by atoms with Crippen LogP contribution in [0.25, 0.3) is 0 Å². The summed E-state index contributed by atoms with van der Waals surface area (Å²) >= 11 is 6.02. The van der Waals surface area contributed by atoms with E-state index in [1.807, 2.05) is 32.0 Å². The molecule has 8 nitrogen and oxygen atoms in total. The predicted octanol–water partition coefficient (Wildman–Crippen LogP) is 4.06. The summed E-state index contributed by atoms with van der Waals surface area (Å²) in [5, 5.41) is 9.52. The molecule has 0 unspecified atom stereocenters. The molecule has 0 saturated heterocycles. The lowest BCUT2D eigenvalue weighted by Crippen LogP contribution is -2.32. The van der Waals surface area contributed by atoms with Gasteiger partial charge in [0.1, 0.15) is 5.75 Å². The fraction of sp³-hybridized carbons (Fsp3) is 0.120. The Hall–Kier alpha value is -4.17. The van der Waals surface area contributed by atoms with Crippen molar-refractivity contribution < 1.29 is 19.1 Å². The van der Waals surface area contributed by atoms with Crippen LogP contribution in [-0.4, -0.2) is 30.5 Å². The summed E-state index contributed by atoms with van der Waals surface area (Å²) in [6.07, 6.45) is 1.32. The van der Waals surface area contributed by atoms with Crippen LogP contribution < -0.4 is 20.8 Å². The number of benzene rings is 3. The first kappa shape index (κ1) is 24.5. The van der Waals surface area contributed by atoms with Crippen molar-refractivity contribution in [1.82, 2.24) is 5.43 Å². The van der Waals surface area contributed by atoms with E-state index in [0.29, 0.717) is 27.7 Å². The molecule has 0 radical (unpaired) electrons. The molecule has 174 valence electrons. The Morgan fingerprint density at radius 3 is 2.41 bits per heavy atom. The fourth-order valence-electron chi connectivity index (χ4n) is 2.83. The molecule has 0 aliphatic rings. The van der Waals surface area contributed by atoms with Gasteiger partial charge in [0, 0.05) is 22.0 Å². The summed E-state index contributed by atoms with van der Waals surface area (Å²) in [6, 6.07) is 19.2. The zero-order valence-electron chi connectivity index (χ0n) is 18.6. The van der Waals surface area contributed by atoms with Gasteiger partial charge in [0.25, 0.3) is 5.91 Å². The third-order valence-electron chi connectivity index (χ3n) is 4.70. The molecule has 0 atom stereocenters. The predicted molar refractivity (Wildman–Crippen MR) is 132 cm³/mol. The second-order valence-electron chi connectivity index (χ2n) is 7.31. The Labute approximate surface area is 202 Å². The van der Waals surface area contributed by atoms with Crippen LogP contribution in [0.1, 0.15) is 16.7 Å². The van der Waals surface area contributed by atoms with Crippen molar-refractivity contribution in [3.05, 3.63) is 88.4 Å². The molecule has 0 aliphatic carbocycles. The number of ether oxygens (including phenoxy) is 1. The zero-order valence-corrected chi connectivity index (χ0v) is 19.3. The Morgan fingerprint density at radius 1 is 0.912 bits per heavy atom. The maximum atomic E-state index is 12.2. The van der Waals surface area contributed by atoms with E-state index in [1.54, 1.807) is 48.5 Å². The lowest BCUT2D eigenvalue weighted by molar-refractivity contribution is -0.136. The summed E-state index contributed by atoms with van der Waals surface area (Å²) in [5.41, 5.74) is 5.56. The topological polar surface area (TPSA) is 109 Å². The number of hydrogen-bond donors (Lipinski definition) is 3. The first-order valence-electron chi connectivity index (χ1n) is 10.3. The molecule has 3 rings (SSSR count). The lowest BCUT2D eigenvalue weighted by Gasteiger charge is -2.11. The molecule has 0 fully saturated rings. The van der Waals surface area contributed by atoms with Crippen LogP contribution in [0, 0.1) is 13.8 Å². The highest BCUT2D eigenvalue weighted by atomic mass is 35.5. The minimum atomic E-state index is -0.955. The van der Waals surface area contributed by atoms with Crippen molar-refractivity contribution in [2.45, 2.75) is 13.8 Å². The molecule has 0 spiro atoms. The number of carbonyl (C=O) groups excluding carboxylic acids is 3. The average molecular weight is 479 g/mol. The summed E-state index contributed by atoms with van der Waals surface area (Å²) in [5.74, 6) is -1.78. The zero-order chi connectivity index (χ0) is 24.5. The van der Waals surface area contributed by atoms with Gasteiger partial charge in [-0.05, 0) is 55.3 Å². The van der Waals surface area contributed by atoms with E-state index in [2.05, 4.69) is 21.2 Å². The van der Waals surface area contributed by atoms with E-state index < -0.39 is 11.8 Å². The molecule has 0 aromatic heterocycles. The van der Waals surface area contributed by atoms with Gasteiger partial charge in [0.15, 0.2) is 6.61 Å². The second-order valence-corrected chi connectivity index (χ2v) is 7.71. The van der Waals surface area contributed by atoms with Gasteiger partial charge >= 0.3 is 11.8 Å². The molecule has 3 aromatic carbocycles. The number of carbonyl (C=O) groups is 3. The largest absolute Gasteiger partial charge is 0.483 e. The minimum absolute atomic E-state index is 0.215. The monoisotopic (exact) mass is 478 g/mol. The number of nitrogens with zero attached hydrogens (tertiary/aromatic N) is 1. The summed E-state index contributed by atoms with van der Waals surface area (Å²) < 4.78 is 5.61. The Morgan fingerprint density at radius 2 is 1.65 bits per heavy atom. The highest BCUT2D eigenvalue weighted by molar-refractivity contribution is 6.39. The molecule has 34 heavy (non-hydrogen) atoms. The van der Waals surface area contributed by atoms with Crippen molar-refractivity contribution in [2.24, 2.45) is 5.10 Å². The Bertz CT molecular complexity index is 1240. The van der Waals surface area contributed by atoms with Gasteiger partial charge < -0.3 is 15.4 Å². The number of rotatable bonds is 7. The third-order valence-corrected chi connectivity index (χ3v) is 5.11. The third kappa shape index (κ3) is 6.91. The fourth-order valence-corrected chi connectivity index (χ4v) is 3.01. The molecular weight excluding hydrogens is 456 g/mol. The van der Waals surface area contributed by atoms with E-state index in [0.717, 1.165) is 11.1 Å². The molecule has 3 amide bonds. The van der Waals surface area contributed by atoms with Gasteiger partial charge in [-0.15, -0.1) is 0 Å². The van der Waals surface area contributed by atoms with Crippen LogP contribution in [-0.2, 0) is 14.4 Å². The normalized spacial score (nSPS) is 10.6. The minimum Gasteiger partial charge on any atom is -0.483 e. The number of nitrogens with one attached hydrogen (secondary N) is 3. The van der Waals surface area contributed by atoms with Crippen LogP contribution in [0.4, 0.5) is 11.4 Å². The van der Waals surface area contributed by atoms with Gasteiger partial charge in [0.2, 0.25) is 0 Å². The highest BCUT2D eigenvalue weighted by Gasteiger charge is 2.13. The number of anilines is 2. The van der Waals surface area contributed by atoms with E-state index in [1.165, 1.54) is 6.21 Å². The van der Waals surface area contributed by atoms with Crippen molar-refractivity contribution in [3.63, 3.8) is 0 Å². The summed E-state index contributed by atoms with van der Waals surface area (Å²) in [6.45, 7) is 3.51. The van der Waals surface area contributed by atoms with E-state index in [-0.39, 0.29) is 12.5 Å². The van der Waals surface area contributed by atoms with E-state index >= 15 is 0 Å². The summed E-state index contributed by atoms with van der Waals surface area (Å²) in [7, 11) is 0. The van der Waals surface area contributed by atoms with E-state index in [9.17, 15) is 14.4 Å². The van der Waals surface area contributed by atoms with Gasteiger partial charge in [-0.3, -0.25) is 14.4 Å². The quantitative estimate of drug-likeness (QED) is 0.270. The van der Waals surface area contributed by atoms with Crippen LogP contribution in [0.3, 0.4) is 0 Å². The number of hydrazone groups is 1. The molecule has 0 bridgehead atoms.